The topological polar surface area (TPSA) is 53.6 Å². The van der Waals surface area contributed by atoms with E-state index < -0.39 is 0 Å². The molecule has 1 saturated heterocycles. The van der Waals surface area contributed by atoms with Crippen molar-refractivity contribution in [2.75, 3.05) is 19.7 Å². The van der Waals surface area contributed by atoms with E-state index in [9.17, 15) is 4.79 Å². The standard InChI is InChI=1S/C13H17N3O2S/c17-13-16(5-2-6-18-13)12-9-15-8-11(19-12)10-3-1-4-14-7-10/h7-9,14-15H,1-6H2. The van der Waals surface area contributed by atoms with Gasteiger partial charge in [-0.05, 0) is 24.8 Å². The van der Waals surface area contributed by atoms with Gasteiger partial charge in [0.05, 0.1) is 6.61 Å². The van der Waals surface area contributed by atoms with Crippen LogP contribution >= 0.6 is 11.8 Å². The van der Waals surface area contributed by atoms with Crippen molar-refractivity contribution < 1.29 is 9.53 Å². The fourth-order valence-corrected chi connectivity index (χ4v) is 3.29. The van der Waals surface area contributed by atoms with Gasteiger partial charge >= 0.3 is 6.09 Å². The summed E-state index contributed by atoms with van der Waals surface area (Å²) < 4.78 is 5.08. The zero-order chi connectivity index (χ0) is 13.1. The Morgan fingerprint density at radius 1 is 1.26 bits per heavy atom. The summed E-state index contributed by atoms with van der Waals surface area (Å²) in [4.78, 5) is 14.6. The average molecular weight is 279 g/mol. The van der Waals surface area contributed by atoms with Crippen LogP contribution in [0.3, 0.4) is 0 Å². The molecule has 1 amide bonds. The zero-order valence-corrected chi connectivity index (χ0v) is 11.5. The van der Waals surface area contributed by atoms with Crippen LogP contribution in [0.5, 0.6) is 0 Å². The van der Waals surface area contributed by atoms with Crippen molar-refractivity contribution in [1.29, 1.82) is 0 Å². The van der Waals surface area contributed by atoms with E-state index in [-0.39, 0.29) is 6.09 Å². The lowest BCUT2D eigenvalue weighted by atomic mass is 10.1. The predicted molar refractivity (Wildman–Crippen MR) is 74.9 cm³/mol. The largest absolute Gasteiger partial charge is 0.449 e. The number of cyclic esters (lactones) is 1. The van der Waals surface area contributed by atoms with Crippen LogP contribution in [0, 0.1) is 0 Å². The third-order valence-corrected chi connectivity index (χ3v) is 4.38. The molecule has 3 heterocycles. The zero-order valence-electron chi connectivity index (χ0n) is 10.6. The van der Waals surface area contributed by atoms with E-state index in [0.29, 0.717) is 6.61 Å². The van der Waals surface area contributed by atoms with Gasteiger partial charge in [0.2, 0.25) is 0 Å². The monoisotopic (exact) mass is 279 g/mol. The first-order valence-electron chi connectivity index (χ1n) is 6.56. The summed E-state index contributed by atoms with van der Waals surface area (Å²) in [6, 6.07) is 0. The minimum atomic E-state index is -0.246. The molecular formula is C13H17N3O2S. The summed E-state index contributed by atoms with van der Waals surface area (Å²) in [6.45, 7) is 2.29. The number of nitrogens with zero attached hydrogens (tertiary/aromatic N) is 1. The number of carbonyl (C=O) groups is 1. The number of allylic oxidation sites excluding steroid dienone is 1. The lowest BCUT2D eigenvalue weighted by molar-refractivity contribution is 0.0888. The van der Waals surface area contributed by atoms with Crippen LogP contribution < -0.4 is 10.6 Å². The van der Waals surface area contributed by atoms with E-state index in [1.54, 1.807) is 16.7 Å². The van der Waals surface area contributed by atoms with Gasteiger partial charge in [-0.15, -0.1) is 0 Å². The molecule has 3 rings (SSSR count). The van der Waals surface area contributed by atoms with Crippen molar-refractivity contribution in [2.45, 2.75) is 19.3 Å². The maximum absolute atomic E-state index is 11.8. The second kappa shape index (κ2) is 5.61. The van der Waals surface area contributed by atoms with Crippen LogP contribution in [0.15, 0.2) is 34.1 Å². The number of ether oxygens (including phenoxy) is 1. The molecule has 3 aliphatic heterocycles. The molecule has 1 fully saturated rings. The van der Waals surface area contributed by atoms with Gasteiger partial charge in [-0.3, -0.25) is 4.90 Å². The summed E-state index contributed by atoms with van der Waals surface area (Å²) in [6.07, 6.45) is 8.78. The van der Waals surface area contributed by atoms with E-state index in [4.69, 9.17) is 4.74 Å². The van der Waals surface area contributed by atoms with Gasteiger partial charge in [-0.25, -0.2) is 4.79 Å². The Balaban J connectivity index is 1.70. The molecule has 0 spiro atoms. The number of hydrogen-bond donors (Lipinski definition) is 2. The van der Waals surface area contributed by atoms with Crippen LogP contribution in [-0.2, 0) is 4.74 Å². The summed E-state index contributed by atoms with van der Waals surface area (Å²) in [5.41, 5.74) is 1.29. The fraction of sp³-hybridized carbons (Fsp3) is 0.462. The Hall–Kier alpha value is -1.56. The second-order valence-electron chi connectivity index (χ2n) is 4.61. The molecule has 0 aromatic rings. The van der Waals surface area contributed by atoms with Crippen LogP contribution in [0.25, 0.3) is 0 Å². The molecule has 0 bridgehead atoms. The SMILES string of the molecule is O=C1OCCCN1C1=CNC=C(C2=CNCCC2)S1. The average Bonchev–Trinajstić information content (AvgIpc) is 2.49. The number of nitrogens with one attached hydrogen (secondary N) is 2. The number of hydrogen-bond acceptors (Lipinski definition) is 5. The predicted octanol–water partition coefficient (Wildman–Crippen LogP) is 2.07. The molecule has 3 aliphatic rings. The third kappa shape index (κ3) is 2.73. The summed E-state index contributed by atoms with van der Waals surface area (Å²) >= 11 is 1.62. The molecule has 0 atom stereocenters. The maximum atomic E-state index is 11.8. The van der Waals surface area contributed by atoms with Gasteiger partial charge in [0.25, 0.3) is 0 Å². The van der Waals surface area contributed by atoms with Gasteiger partial charge < -0.3 is 15.4 Å². The van der Waals surface area contributed by atoms with E-state index in [2.05, 4.69) is 16.8 Å². The molecular weight excluding hydrogens is 262 g/mol. The second-order valence-corrected chi connectivity index (χ2v) is 5.67. The maximum Gasteiger partial charge on any atom is 0.414 e. The van der Waals surface area contributed by atoms with Crippen molar-refractivity contribution in [3.63, 3.8) is 0 Å². The molecule has 0 aromatic heterocycles. The molecule has 0 aromatic carbocycles. The van der Waals surface area contributed by atoms with E-state index in [1.807, 2.05) is 12.4 Å². The van der Waals surface area contributed by atoms with Gasteiger partial charge in [-0.1, -0.05) is 11.8 Å². The number of carbonyl (C=O) groups excluding carboxylic acids is 1. The van der Waals surface area contributed by atoms with Crippen molar-refractivity contribution in [3.8, 4) is 0 Å². The molecule has 2 N–H and O–H groups in total. The molecule has 5 nitrogen and oxygen atoms in total. The molecule has 6 heteroatoms. The number of amides is 1. The Morgan fingerprint density at radius 3 is 3.00 bits per heavy atom. The highest BCUT2D eigenvalue weighted by molar-refractivity contribution is 8.06. The van der Waals surface area contributed by atoms with Crippen molar-refractivity contribution in [2.24, 2.45) is 0 Å². The Morgan fingerprint density at radius 2 is 2.21 bits per heavy atom. The van der Waals surface area contributed by atoms with Crippen molar-refractivity contribution >= 4 is 17.9 Å². The molecule has 0 aliphatic carbocycles. The Kier molecular flexibility index (Phi) is 3.68. The normalized spacial score (nSPS) is 23.5. The third-order valence-electron chi connectivity index (χ3n) is 3.23. The summed E-state index contributed by atoms with van der Waals surface area (Å²) in [5, 5.41) is 7.31. The first-order valence-corrected chi connectivity index (χ1v) is 7.37. The minimum Gasteiger partial charge on any atom is -0.449 e. The smallest absolute Gasteiger partial charge is 0.414 e. The van der Waals surface area contributed by atoms with Gasteiger partial charge in [0.15, 0.2) is 0 Å². The Labute approximate surface area is 116 Å². The van der Waals surface area contributed by atoms with Gasteiger partial charge in [0.1, 0.15) is 5.03 Å². The van der Waals surface area contributed by atoms with Crippen molar-refractivity contribution in [1.82, 2.24) is 15.5 Å². The highest BCUT2D eigenvalue weighted by Gasteiger charge is 2.26. The number of thioether (sulfide) groups is 1. The van der Waals surface area contributed by atoms with Crippen LogP contribution in [0.1, 0.15) is 19.3 Å². The van der Waals surface area contributed by atoms with E-state index in [1.165, 1.54) is 10.5 Å². The van der Waals surface area contributed by atoms with Gasteiger partial charge in [-0.2, -0.15) is 0 Å². The highest BCUT2D eigenvalue weighted by Crippen LogP contribution is 2.37. The van der Waals surface area contributed by atoms with E-state index >= 15 is 0 Å². The van der Waals surface area contributed by atoms with Crippen LogP contribution in [0.2, 0.25) is 0 Å². The fourth-order valence-electron chi connectivity index (χ4n) is 2.25. The molecule has 0 unspecified atom stereocenters. The lowest BCUT2D eigenvalue weighted by Gasteiger charge is -2.30. The van der Waals surface area contributed by atoms with Crippen molar-refractivity contribution in [3.05, 3.63) is 34.1 Å². The molecule has 0 saturated carbocycles. The Bertz CT molecular complexity index is 471. The summed E-state index contributed by atoms with van der Waals surface area (Å²) in [7, 11) is 0. The lowest BCUT2D eigenvalue weighted by Crippen LogP contribution is -2.37. The highest BCUT2D eigenvalue weighted by atomic mass is 32.2. The molecule has 0 radical (unpaired) electrons. The van der Waals surface area contributed by atoms with Gasteiger partial charge in [0, 0.05) is 36.6 Å². The number of rotatable bonds is 2. The van der Waals surface area contributed by atoms with Crippen LogP contribution in [-0.4, -0.2) is 30.7 Å². The molecule has 102 valence electrons. The first-order chi connectivity index (χ1) is 9.34. The quantitative estimate of drug-likeness (QED) is 0.810. The van der Waals surface area contributed by atoms with Crippen LogP contribution in [0.4, 0.5) is 4.79 Å². The minimum absolute atomic E-state index is 0.246. The summed E-state index contributed by atoms with van der Waals surface area (Å²) in [5.74, 6) is 0. The van der Waals surface area contributed by atoms with E-state index in [0.717, 1.165) is 37.4 Å². The molecule has 19 heavy (non-hydrogen) atoms. The first kappa shape index (κ1) is 12.5.